The SMILES string of the molecule is COc1cc(/C=C2\C(=O)NC(=O)N(c3ccc(Cl)c(Cl)c3)C2=O)cc(Br)c1OCc1ccccc1Cl. The molecule has 0 saturated carbocycles. The Hall–Kier alpha value is -3.04. The van der Waals surface area contributed by atoms with Crippen molar-refractivity contribution in [2.75, 3.05) is 12.0 Å². The largest absolute Gasteiger partial charge is 0.493 e. The van der Waals surface area contributed by atoms with E-state index in [0.29, 0.717) is 26.6 Å². The number of ether oxygens (including phenoxy) is 2. The first-order chi connectivity index (χ1) is 17.2. The van der Waals surface area contributed by atoms with Crippen LogP contribution in [0.25, 0.3) is 6.08 Å². The number of imide groups is 2. The molecule has 7 nitrogen and oxygen atoms in total. The van der Waals surface area contributed by atoms with Crippen molar-refractivity contribution in [2.45, 2.75) is 6.61 Å². The number of rotatable bonds is 6. The Morgan fingerprint density at radius 1 is 0.972 bits per heavy atom. The van der Waals surface area contributed by atoms with Crippen LogP contribution in [0.3, 0.4) is 0 Å². The second-order valence-electron chi connectivity index (χ2n) is 7.47. The molecule has 0 aromatic heterocycles. The Morgan fingerprint density at radius 3 is 2.42 bits per heavy atom. The number of urea groups is 1. The lowest BCUT2D eigenvalue weighted by Crippen LogP contribution is -2.54. The van der Waals surface area contributed by atoms with E-state index in [4.69, 9.17) is 44.3 Å². The molecule has 4 rings (SSSR count). The third-order valence-electron chi connectivity index (χ3n) is 5.16. The molecule has 1 aliphatic rings. The van der Waals surface area contributed by atoms with Crippen molar-refractivity contribution in [1.29, 1.82) is 0 Å². The van der Waals surface area contributed by atoms with Crippen molar-refractivity contribution < 1.29 is 23.9 Å². The molecule has 3 aromatic carbocycles. The van der Waals surface area contributed by atoms with E-state index in [1.54, 1.807) is 18.2 Å². The monoisotopic (exact) mass is 608 g/mol. The first-order valence-electron chi connectivity index (χ1n) is 10.3. The number of amides is 4. The molecule has 1 heterocycles. The summed E-state index contributed by atoms with van der Waals surface area (Å²) in [5.74, 6) is -0.900. The van der Waals surface area contributed by atoms with Crippen molar-refractivity contribution >= 4 is 80.3 Å². The lowest BCUT2D eigenvalue weighted by atomic mass is 10.1. The van der Waals surface area contributed by atoms with Gasteiger partial charge in [0.1, 0.15) is 12.2 Å². The third-order valence-corrected chi connectivity index (χ3v) is 6.85. The topological polar surface area (TPSA) is 84.9 Å². The Balaban J connectivity index is 1.66. The maximum atomic E-state index is 13.2. The summed E-state index contributed by atoms with van der Waals surface area (Å²) >= 11 is 21.6. The van der Waals surface area contributed by atoms with E-state index in [-0.39, 0.29) is 27.9 Å². The molecule has 1 saturated heterocycles. The van der Waals surface area contributed by atoms with E-state index in [1.807, 2.05) is 18.2 Å². The van der Waals surface area contributed by atoms with Gasteiger partial charge < -0.3 is 9.47 Å². The number of halogens is 4. The lowest BCUT2D eigenvalue weighted by Gasteiger charge is -2.26. The molecule has 0 bridgehead atoms. The van der Waals surface area contributed by atoms with Crippen LogP contribution in [-0.4, -0.2) is 25.0 Å². The first-order valence-corrected chi connectivity index (χ1v) is 12.2. The molecule has 0 atom stereocenters. The van der Waals surface area contributed by atoms with E-state index < -0.39 is 17.8 Å². The van der Waals surface area contributed by atoms with Crippen molar-refractivity contribution in [3.8, 4) is 11.5 Å². The summed E-state index contributed by atoms with van der Waals surface area (Å²) < 4.78 is 11.9. The predicted octanol–water partition coefficient (Wildman–Crippen LogP) is 6.66. The zero-order valence-corrected chi connectivity index (χ0v) is 22.3. The Kier molecular flexibility index (Phi) is 7.90. The summed E-state index contributed by atoms with van der Waals surface area (Å²) in [6, 6.07) is 13.9. The van der Waals surface area contributed by atoms with Gasteiger partial charge in [0.2, 0.25) is 0 Å². The van der Waals surface area contributed by atoms with Crippen molar-refractivity contribution in [3.05, 3.63) is 90.8 Å². The van der Waals surface area contributed by atoms with Gasteiger partial charge in [-0.25, -0.2) is 9.69 Å². The van der Waals surface area contributed by atoms with Crippen LogP contribution in [-0.2, 0) is 16.2 Å². The summed E-state index contributed by atoms with van der Waals surface area (Å²) in [5, 5.41) is 3.14. The van der Waals surface area contributed by atoms with Crippen molar-refractivity contribution in [2.24, 2.45) is 0 Å². The lowest BCUT2D eigenvalue weighted by molar-refractivity contribution is -0.122. The maximum Gasteiger partial charge on any atom is 0.335 e. The van der Waals surface area contributed by atoms with Crippen LogP contribution in [0.5, 0.6) is 11.5 Å². The summed E-state index contributed by atoms with van der Waals surface area (Å²) in [7, 11) is 1.46. The molecule has 4 amide bonds. The van der Waals surface area contributed by atoms with Crippen LogP contribution >= 0.6 is 50.7 Å². The van der Waals surface area contributed by atoms with E-state index in [1.165, 1.54) is 31.4 Å². The van der Waals surface area contributed by atoms with E-state index >= 15 is 0 Å². The van der Waals surface area contributed by atoms with Crippen LogP contribution in [0.4, 0.5) is 10.5 Å². The number of nitrogens with one attached hydrogen (secondary N) is 1. The van der Waals surface area contributed by atoms with Crippen LogP contribution < -0.4 is 19.7 Å². The van der Waals surface area contributed by atoms with Gasteiger partial charge in [-0.05, 0) is 64.0 Å². The molecule has 0 spiro atoms. The fourth-order valence-corrected chi connectivity index (χ4v) is 4.47. The molecule has 184 valence electrons. The molecular formula is C25H16BrCl3N2O5. The normalized spacial score (nSPS) is 14.8. The highest BCUT2D eigenvalue weighted by molar-refractivity contribution is 9.10. The quantitative estimate of drug-likeness (QED) is 0.249. The van der Waals surface area contributed by atoms with Crippen LogP contribution in [0, 0.1) is 0 Å². The predicted molar refractivity (Wildman–Crippen MR) is 142 cm³/mol. The summed E-state index contributed by atoms with van der Waals surface area (Å²) in [6.07, 6.45) is 1.35. The van der Waals surface area contributed by atoms with Gasteiger partial charge >= 0.3 is 6.03 Å². The minimum absolute atomic E-state index is 0.151. The minimum atomic E-state index is -0.900. The second-order valence-corrected chi connectivity index (χ2v) is 9.55. The molecule has 11 heteroatoms. The summed E-state index contributed by atoms with van der Waals surface area (Å²) in [5.41, 5.74) is 1.13. The number of carbonyl (C=O) groups excluding carboxylic acids is 3. The highest BCUT2D eigenvalue weighted by Crippen LogP contribution is 2.38. The minimum Gasteiger partial charge on any atom is -0.493 e. The average Bonchev–Trinajstić information content (AvgIpc) is 2.83. The van der Waals surface area contributed by atoms with E-state index in [0.717, 1.165) is 10.5 Å². The first kappa shape index (κ1) is 26.0. The van der Waals surface area contributed by atoms with Gasteiger partial charge in [-0.2, -0.15) is 0 Å². The molecule has 1 N–H and O–H groups in total. The Morgan fingerprint density at radius 2 is 1.72 bits per heavy atom. The number of anilines is 1. The maximum absolute atomic E-state index is 13.2. The van der Waals surface area contributed by atoms with Gasteiger partial charge in [0.05, 0.1) is 27.3 Å². The molecular weight excluding hydrogens is 595 g/mol. The standard InChI is InChI=1S/C25H16BrCl3N2O5/c1-35-21-10-13(9-17(26)22(21)36-12-14-4-2-3-5-18(14)27)8-16-23(32)30-25(34)31(24(16)33)15-6-7-19(28)20(29)11-15/h2-11H,12H2,1H3,(H,30,32,34)/b16-8+. The molecule has 1 fully saturated rings. The van der Waals surface area contributed by atoms with Crippen molar-refractivity contribution in [1.82, 2.24) is 5.32 Å². The van der Waals surface area contributed by atoms with Gasteiger partial charge in [0, 0.05) is 10.6 Å². The van der Waals surface area contributed by atoms with Crippen LogP contribution in [0.2, 0.25) is 15.1 Å². The molecule has 0 unspecified atom stereocenters. The Labute approximate surface area is 229 Å². The van der Waals surface area contributed by atoms with E-state index in [2.05, 4.69) is 21.2 Å². The molecule has 0 radical (unpaired) electrons. The van der Waals surface area contributed by atoms with Crippen LogP contribution in [0.15, 0.2) is 64.6 Å². The fraction of sp³-hybridized carbons (Fsp3) is 0.0800. The second kappa shape index (κ2) is 10.9. The third kappa shape index (κ3) is 5.37. The summed E-state index contributed by atoms with van der Waals surface area (Å²) in [4.78, 5) is 39.0. The fourth-order valence-electron chi connectivity index (χ4n) is 3.41. The van der Waals surface area contributed by atoms with Gasteiger partial charge in [0.25, 0.3) is 11.8 Å². The number of carbonyl (C=O) groups is 3. The highest BCUT2D eigenvalue weighted by atomic mass is 79.9. The number of barbiturate groups is 1. The average molecular weight is 611 g/mol. The van der Waals surface area contributed by atoms with E-state index in [9.17, 15) is 14.4 Å². The smallest absolute Gasteiger partial charge is 0.335 e. The van der Waals surface area contributed by atoms with Gasteiger partial charge in [0.15, 0.2) is 11.5 Å². The molecule has 3 aromatic rings. The number of methoxy groups -OCH3 is 1. The molecule has 36 heavy (non-hydrogen) atoms. The number of nitrogens with zero attached hydrogens (tertiary/aromatic N) is 1. The molecule has 1 aliphatic heterocycles. The van der Waals surface area contributed by atoms with Gasteiger partial charge in [-0.3, -0.25) is 14.9 Å². The number of hydrogen-bond acceptors (Lipinski definition) is 5. The zero-order chi connectivity index (χ0) is 26.0. The van der Waals surface area contributed by atoms with Crippen LogP contribution in [0.1, 0.15) is 11.1 Å². The zero-order valence-electron chi connectivity index (χ0n) is 18.5. The van der Waals surface area contributed by atoms with Crippen molar-refractivity contribution in [3.63, 3.8) is 0 Å². The van der Waals surface area contributed by atoms with Gasteiger partial charge in [-0.1, -0.05) is 53.0 Å². The molecule has 0 aliphatic carbocycles. The number of benzene rings is 3. The Bertz CT molecular complexity index is 1430. The highest BCUT2D eigenvalue weighted by Gasteiger charge is 2.37. The summed E-state index contributed by atoms with van der Waals surface area (Å²) in [6.45, 7) is 0.191. The number of hydrogen-bond donors (Lipinski definition) is 1. The van der Waals surface area contributed by atoms with Gasteiger partial charge in [-0.15, -0.1) is 0 Å².